The average Bonchev–Trinajstić information content (AvgIpc) is 3.11. The number of Topliss-reactive ketones (excluding diaryl/α,β-unsaturated/α-hetero) is 2. The van der Waals surface area contributed by atoms with Gasteiger partial charge in [0.15, 0.2) is 5.78 Å². The fourth-order valence-electron chi connectivity index (χ4n) is 3.36. The van der Waals surface area contributed by atoms with Crippen molar-refractivity contribution < 1.29 is 22.8 Å². The van der Waals surface area contributed by atoms with Crippen molar-refractivity contribution in [3.05, 3.63) is 34.5 Å². The molecule has 3 atom stereocenters. The molecule has 106 valence electrons. The van der Waals surface area contributed by atoms with Crippen LogP contribution in [0.4, 0.5) is 13.2 Å². The van der Waals surface area contributed by atoms with E-state index in [2.05, 4.69) is 0 Å². The normalized spacial score (nSPS) is 31.8. The SMILES string of the molecule is O=C(c1cccs1)[C@]1(C(=O)C(F)(F)F)C[C@@H]2C=C[C@H]1C2. The number of rotatable bonds is 3. The summed E-state index contributed by atoms with van der Waals surface area (Å²) in [7, 11) is 0. The van der Waals surface area contributed by atoms with Gasteiger partial charge in [-0.15, -0.1) is 11.3 Å². The van der Waals surface area contributed by atoms with Crippen LogP contribution in [0.25, 0.3) is 0 Å². The number of allylic oxidation sites excluding steroid dienone is 2. The van der Waals surface area contributed by atoms with E-state index in [1.54, 1.807) is 17.5 Å². The Morgan fingerprint density at radius 2 is 2.05 bits per heavy atom. The molecule has 1 heterocycles. The third-order valence-corrected chi connectivity index (χ3v) is 5.07. The molecule has 0 unspecified atom stereocenters. The van der Waals surface area contributed by atoms with Crippen molar-refractivity contribution in [3.63, 3.8) is 0 Å². The molecule has 0 amide bonds. The van der Waals surface area contributed by atoms with E-state index in [0.29, 0.717) is 6.42 Å². The van der Waals surface area contributed by atoms with Crippen LogP contribution in [-0.2, 0) is 4.79 Å². The Bertz CT molecular complexity index is 588. The van der Waals surface area contributed by atoms with Crippen LogP contribution in [0.15, 0.2) is 29.7 Å². The Balaban J connectivity index is 2.08. The van der Waals surface area contributed by atoms with Crippen LogP contribution in [0.5, 0.6) is 0 Å². The summed E-state index contributed by atoms with van der Waals surface area (Å²) in [5.41, 5.74) is -1.94. The molecule has 2 aliphatic rings. The van der Waals surface area contributed by atoms with E-state index < -0.39 is 29.1 Å². The van der Waals surface area contributed by atoms with Crippen LogP contribution in [0.1, 0.15) is 22.5 Å². The highest BCUT2D eigenvalue weighted by atomic mass is 32.1. The maximum atomic E-state index is 12.9. The number of carbonyl (C=O) groups is 2. The Kier molecular flexibility index (Phi) is 2.90. The topological polar surface area (TPSA) is 34.1 Å². The van der Waals surface area contributed by atoms with Crippen LogP contribution in [-0.4, -0.2) is 17.7 Å². The Morgan fingerprint density at radius 3 is 2.50 bits per heavy atom. The quantitative estimate of drug-likeness (QED) is 0.485. The molecule has 1 saturated carbocycles. The van der Waals surface area contributed by atoms with Gasteiger partial charge in [-0.2, -0.15) is 13.2 Å². The molecule has 1 aromatic heterocycles. The molecule has 0 spiro atoms. The number of alkyl halides is 3. The summed E-state index contributed by atoms with van der Waals surface area (Å²) < 4.78 is 38.8. The highest BCUT2D eigenvalue weighted by Crippen LogP contribution is 2.56. The lowest BCUT2D eigenvalue weighted by Crippen LogP contribution is -2.49. The summed E-state index contributed by atoms with van der Waals surface area (Å²) in [5, 5.41) is 1.63. The van der Waals surface area contributed by atoms with Gasteiger partial charge < -0.3 is 0 Å². The number of hydrogen-bond acceptors (Lipinski definition) is 3. The summed E-state index contributed by atoms with van der Waals surface area (Å²) in [6.07, 6.45) is -1.13. The predicted octanol–water partition coefficient (Wildman–Crippen LogP) is 3.64. The fraction of sp³-hybridized carbons (Fsp3) is 0.429. The predicted molar refractivity (Wildman–Crippen MR) is 67.5 cm³/mol. The molecule has 1 aromatic rings. The number of hydrogen-bond donors (Lipinski definition) is 0. The summed E-state index contributed by atoms with van der Waals surface area (Å²) in [6, 6.07) is 3.08. The summed E-state index contributed by atoms with van der Waals surface area (Å²) >= 11 is 1.08. The molecule has 0 saturated heterocycles. The third kappa shape index (κ3) is 1.78. The first-order valence-corrected chi connectivity index (χ1v) is 7.12. The zero-order chi connectivity index (χ0) is 14.5. The van der Waals surface area contributed by atoms with Crippen LogP contribution in [0.2, 0.25) is 0 Å². The van der Waals surface area contributed by atoms with Gasteiger partial charge >= 0.3 is 6.18 Å². The number of thiophene rings is 1. The van der Waals surface area contributed by atoms with Gasteiger partial charge in [-0.1, -0.05) is 18.2 Å². The lowest BCUT2D eigenvalue weighted by atomic mass is 9.68. The van der Waals surface area contributed by atoms with E-state index in [1.165, 1.54) is 6.07 Å². The molecule has 0 aromatic carbocycles. The van der Waals surface area contributed by atoms with E-state index in [9.17, 15) is 22.8 Å². The number of ketones is 2. The average molecular weight is 300 g/mol. The first-order chi connectivity index (χ1) is 9.35. The van der Waals surface area contributed by atoms with Gasteiger partial charge in [0.05, 0.1) is 4.88 Å². The molecule has 20 heavy (non-hydrogen) atoms. The van der Waals surface area contributed by atoms with Crippen molar-refractivity contribution >= 4 is 22.9 Å². The first kappa shape index (κ1) is 13.5. The van der Waals surface area contributed by atoms with E-state index in [0.717, 1.165) is 11.3 Å². The van der Waals surface area contributed by atoms with Crippen molar-refractivity contribution in [1.82, 2.24) is 0 Å². The zero-order valence-corrected chi connectivity index (χ0v) is 11.1. The Morgan fingerprint density at radius 1 is 1.30 bits per heavy atom. The zero-order valence-electron chi connectivity index (χ0n) is 10.3. The van der Waals surface area contributed by atoms with Crippen molar-refractivity contribution in [2.75, 3.05) is 0 Å². The molecular formula is C14H11F3O2S. The van der Waals surface area contributed by atoms with Gasteiger partial charge in [0, 0.05) is 0 Å². The van der Waals surface area contributed by atoms with E-state index in [1.807, 2.05) is 6.08 Å². The number of halogens is 3. The molecular weight excluding hydrogens is 289 g/mol. The second kappa shape index (κ2) is 4.28. The first-order valence-electron chi connectivity index (χ1n) is 6.24. The Hall–Kier alpha value is -1.43. The van der Waals surface area contributed by atoms with E-state index >= 15 is 0 Å². The number of fused-ring (bicyclic) bond motifs is 2. The lowest BCUT2D eigenvalue weighted by molar-refractivity contribution is -0.180. The fourth-order valence-corrected chi connectivity index (χ4v) is 4.11. The van der Waals surface area contributed by atoms with Gasteiger partial charge in [-0.25, -0.2) is 0 Å². The van der Waals surface area contributed by atoms with Crippen LogP contribution in [0, 0.1) is 17.3 Å². The molecule has 2 nitrogen and oxygen atoms in total. The largest absolute Gasteiger partial charge is 0.451 e. The lowest BCUT2D eigenvalue weighted by Gasteiger charge is -2.32. The molecule has 1 fully saturated rings. The monoisotopic (exact) mass is 300 g/mol. The summed E-state index contributed by atoms with van der Waals surface area (Å²) in [5.74, 6) is -3.29. The van der Waals surface area contributed by atoms with Crippen molar-refractivity contribution in [1.29, 1.82) is 0 Å². The van der Waals surface area contributed by atoms with Crippen LogP contribution in [0.3, 0.4) is 0 Å². The van der Waals surface area contributed by atoms with E-state index in [-0.39, 0.29) is 17.2 Å². The smallest absolute Gasteiger partial charge is 0.292 e. The molecule has 6 heteroatoms. The molecule has 2 aliphatic carbocycles. The molecule has 0 radical (unpaired) electrons. The van der Waals surface area contributed by atoms with Gasteiger partial charge in [-0.05, 0) is 36.1 Å². The molecule has 0 aliphatic heterocycles. The Labute approximate surface area is 117 Å². The second-order valence-corrected chi connectivity index (χ2v) is 6.24. The highest BCUT2D eigenvalue weighted by molar-refractivity contribution is 7.12. The highest BCUT2D eigenvalue weighted by Gasteiger charge is 2.64. The van der Waals surface area contributed by atoms with E-state index in [4.69, 9.17) is 0 Å². The molecule has 3 rings (SSSR count). The molecule has 0 N–H and O–H groups in total. The van der Waals surface area contributed by atoms with Gasteiger partial charge in [0.2, 0.25) is 0 Å². The minimum atomic E-state index is -4.98. The van der Waals surface area contributed by atoms with Gasteiger partial charge in [0.1, 0.15) is 5.41 Å². The maximum Gasteiger partial charge on any atom is 0.451 e. The van der Waals surface area contributed by atoms with Gasteiger partial charge in [0.25, 0.3) is 5.78 Å². The maximum absolute atomic E-state index is 12.9. The van der Waals surface area contributed by atoms with Crippen LogP contribution < -0.4 is 0 Å². The van der Waals surface area contributed by atoms with Crippen molar-refractivity contribution in [2.24, 2.45) is 17.3 Å². The van der Waals surface area contributed by atoms with Crippen molar-refractivity contribution in [3.8, 4) is 0 Å². The second-order valence-electron chi connectivity index (χ2n) is 5.30. The minimum Gasteiger partial charge on any atom is -0.292 e. The van der Waals surface area contributed by atoms with Crippen LogP contribution >= 0.6 is 11.3 Å². The summed E-state index contributed by atoms with van der Waals surface area (Å²) in [6.45, 7) is 0. The molecule has 2 bridgehead atoms. The summed E-state index contributed by atoms with van der Waals surface area (Å²) in [4.78, 5) is 24.7. The standard InChI is InChI=1S/C14H11F3O2S/c15-14(16,17)12(19)13(7-8-3-4-9(13)6-8)11(18)10-2-1-5-20-10/h1-5,8-9H,6-7H2/t8-,9+,13+/m1/s1. The minimum absolute atomic E-state index is 0.0246. The third-order valence-electron chi connectivity index (χ3n) is 4.20. The number of carbonyl (C=O) groups excluding carboxylic acids is 2. The van der Waals surface area contributed by atoms with Gasteiger partial charge in [-0.3, -0.25) is 9.59 Å². The van der Waals surface area contributed by atoms with Crippen molar-refractivity contribution in [2.45, 2.75) is 19.0 Å².